The van der Waals surface area contributed by atoms with Gasteiger partial charge in [0, 0.05) is 17.5 Å². The number of aromatic nitrogens is 1. The van der Waals surface area contributed by atoms with Crippen molar-refractivity contribution in [2.45, 2.75) is 20.4 Å². The van der Waals surface area contributed by atoms with Crippen LogP contribution in [-0.4, -0.2) is 23.1 Å². The second-order valence-corrected chi connectivity index (χ2v) is 5.44. The maximum absolute atomic E-state index is 11.6. The van der Waals surface area contributed by atoms with Crippen LogP contribution in [0.25, 0.3) is 22.2 Å². The molecule has 1 N–H and O–H groups in total. The third kappa shape index (κ3) is 2.18. The van der Waals surface area contributed by atoms with E-state index in [9.17, 15) is 9.90 Å². The number of hydrogen-bond donors (Lipinski definition) is 1. The van der Waals surface area contributed by atoms with E-state index in [1.807, 2.05) is 44.2 Å². The Kier molecular flexibility index (Phi) is 3.82. The van der Waals surface area contributed by atoms with Crippen molar-refractivity contribution >= 4 is 17.2 Å². The van der Waals surface area contributed by atoms with Crippen LogP contribution in [0.4, 0.5) is 0 Å². The Balaban J connectivity index is 2.51. The molecule has 0 saturated carbocycles. The zero-order valence-electron chi connectivity index (χ0n) is 13.5. The minimum absolute atomic E-state index is 0.0787. The van der Waals surface area contributed by atoms with E-state index in [4.69, 9.17) is 4.74 Å². The van der Waals surface area contributed by atoms with Crippen molar-refractivity contribution in [3.63, 3.8) is 0 Å². The summed E-state index contributed by atoms with van der Waals surface area (Å²) in [7, 11) is 1.49. The Labute approximate surface area is 134 Å². The smallest absolute Gasteiger partial charge is 0.167 e. The monoisotopic (exact) mass is 309 g/mol. The van der Waals surface area contributed by atoms with Gasteiger partial charge in [-0.2, -0.15) is 0 Å². The van der Waals surface area contributed by atoms with Crippen molar-refractivity contribution < 1.29 is 14.6 Å². The maximum atomic E-state index is 11.6. The van der Waals surface area contributed by atoms with E-state index in [0.717, 1.165) is 28.6 Å². The number of carbonyl (C=O) groups excluding carboxylic acids is 1. The van der Waals surface area contributed by atoms with E-state index >= 15 is 0 Å². The Morgan fingerprint density at radius 3 is 2.52 bits per heavy atom. The number of phenolic OH excluding ortho intramolecular Hbond substituents is 1. The quantitative estimate of drug-likeness (QED) is 0.736. The highest BCUT2D eigenvalue weighted by Gasteiger charge is 2.22. The number of ether oxygens (including phenoxy) is 1. The first kappa shape index (κ1) is 15.2. The van der Waals surface area contributed by atoms with Crippen molar-refractivity contribution in [3.8, 4) is 22.8 Å². The van der Waals surface area contributed by atoms with Crippen molar-refractivity contribution in [2.24, 2.45) is 0 Å². The van der Waals surface area contributed by atoms with Crippen molar-refractivity contribution in [1.82, 2.24) is 4.57 Å². The Morgan fingerprint density at radius 2 is 1.96 bits per heavy atom. The molecule has 0 unspecified atom stereocenters. The number of aromatic hydroxyl groups is 1. The Bertz CT molecular complexity index is 879. The molecular formula is C19H19NO3. The topological polar surface area (TPSA) is 51.5 Å². The summed E-state index contributed by atoms with van der Waals surface area (Å²) in [6, 6.07) is 11.6. The zero-order chi connectivity index (χ0) is 16.6. The van der Waals surface area contributed by atoms with Crippen LogP contribution in [0.5, 0.6) is 11.5 Å². The number of aldehydes is 1. The number of fused-ring (bicyclic) bond motifs is 1. The third-order valence-electron chi connectivity index (χ3n) is 4.25. The molecule has 0 aliphatic rings. The fraction of sp³-hybridized carbons (Fsp3) is 0.211. The van der Waals surface area contributed by atoms with Crippen LogP contribution in [0, 0.1) is 6.92 Å². The van der Waals surface area contributed by atoms with Crippen molar-refractivity contribution in [2.75, 3.05) is 7.11 Å². The molecule has 23 heavy (non-hydrogen) atoms. The van der Waals surface area contributed by atoms with Crippen molar-refractivity contribution in [1.29, 1.82) is 0 Å². The summed E-state index contributed by atoms with van der Waals surface area (Å²) in [5.41, 5.74) is 4.26. The summed E-state index contributed by atoms with van der Waals surface area (Å²) in [6.45, 7) is 4.69. The fourth-order valence-corrected chi connectivity index (χ4v) is 3.27. The minimum Gasteiger partial charge on any atom is -0.504 e. The van der Waals surface area contributed by atoms with Crippen LogP contribution in [0.15, 0.2) is 36.4 Å². The fourth-order valence-electron chi connectivity index (χ4n) is 3.27. The van der Waals surface area contributed by atoms with Gasteiger partial charge in [-0.1, -0.05) is 30.3 Å². The van der Waals surface area contributed by atoms with E-state index < -0.39 is 0 Å². The molecule has 0 amide bonds. The summed E-state index contributed by atoms with van der Waals surface area (Å²) in [5, 5.41) is 11.2. The molecule has 1 aromatic heterocycles. The van der Waals surface area contributed by atoms with Gasteiger partial charge < -0.3 is 14.4 Å². The molecule has 0 radical (unpaired) electrons. The van der Waals surface area contributed by atoms with Gasteiger partial charge in [-0.25, -0.2) is 0 Å². The van der Waals surface area contributed by atoms with Crippen LogP contribution in [0.3, 0.4) is 0 Å². The second kappa shape index (κ2) is 5.80. The van der Waals surface area contributed by atoms with Crippen LogP contribution >= 0.6 is 0 Å². The molecular weight excluding hydrogens is 290 g/mol. The molecule has 0 spiro atoms. The summed E-state index contributed by atoms with van der Waals surface area (Å²) >= 11 is 0. The average Bonchev–Trinajstić information content (AvgIpc) is 2.89. The largest absolute Gasteiger partial charge is 0.504 e. The second-order valence-electron chi connectivity index (χ2n) is 5.44. The average molecular weight is 309 g/mol. The van der Waals surface area contributed by atoms with Gasteiger partial charge in [0.05, 0.1) is 18.3 Å². The molecule has 2 aromatic carbocycles. The van der Waals surface area contributed by atoms with Gasteiger partial charge in [-0.15, -0.1) is 0 Å². The first-order valence-corrected chi connectivity index (χ1v) is 7.57. The maximum Gasteiger partial charge on any atom is 0.167 e. The highest BCUT2D eigenvalue weighted by atomic mass is 16.5. The third-order valence-corrected chi connectivity index (χ3v) is 4.25. The Hall–Kier alpha value is -2.75. The molecule has 0 saturated heterocycles. The summed E-state index contributed by atoms with van der Waals surface area (Å²) in [5.74, 6) is 0.394. The minimum atomic E-state index is 0.0787. The summed E-state index contributed by atoms with van der Waals surface area (Å²) in [6.07, 6.45) is 0.810. The molecule has 3 aromatic rings. The molecule has 0 aliphatic carbocycles. The lowest BCUT2D eigenvalue weighted by Crippen LogP contribution is -2.00. The number of phenols is 1. The number of methoxy groups -OCH3 is 1. The number of aryl methyl sites for hydroxylation is 2. The predicted molar refractivity (Wildman–Crippen MR) is 91.4 cm³/mol. The van der Waals surface area contributed by atoms with Crippen molar-refractivity contribution in [3.05, 3.63) is 47.5 Å². The number of rotatable bonds is 4. The van der Waals surface area contributed by atoms with Crippen LogP contribution in [0.1, 0.15) is 22.8 Å². The number of carbonyl (C=O) groups is 1. The van der Waals surface area contributed by atoms with Gasteiger partial charge in [0.1, 0.15) is 0 Å². The first-order chi connectivity index (χ1) is 11.1. The summed E-state index contributed by atoms with van der Waals surface area (Å²) < 4.78 is 7.29. The lowest BCUT2D eigenvalue weighted by atomic mass is 10.0. The zero-order valence-corrected chi connectivity index (χ0v) is 13.5. The molecule has 0 aliphatic heterocycles. The van der Waals surface area contributed by atoms with Gasteiger partial charge in [0.15, 0.2) is 17.8 Å². The molecule has 118 valence electrons. The number of nitrogens with zero attached hydrogens (tertiary/aromatic N) is 1. The molecule has 0 fully saturated rings. The molecule has 3 rings (SSSR count). The predicted octanol–water partition coefficient (Wildman–Crippen LogP) is 4.16. The van der Waals surface area contributed by atoms with E-state index in [1.54, 1.807) is 6.07 Å². The van der Waals surface area contributed by atoms with Gasteiger partial charge >= 0.3 is 0 Å². The van der Waals surface area contributed by atoms with Gasteiger partial charge in [-0.3, -0.25) is 4.79 Å². The standard InChI is InChI=1S/C19H19NO3/c1-4-20-17(13-8-6-5-7-9-13)12(2)16-18(20)14(11-21)10-15(23-3)19(16)22/h5-11,22H,4H2,1-3H3. The van der Waals surface area contributed by atoms with E-state index in [1.165, 1.54) is 7.11 Å². The molecule has 1 heterocycles. The Morgan fingerprint density at radius 1 is 1.26 bits per heavy atom. The van der Waals surface area contributed by atoms with Crippen LogP contribution < -0.4 is 4.74 Å². The SMILES string of the molecule is CCn1c(-c2ccccc2)c(C)c2c(O)c(OC)cc(C=O)c21. The number of benzene rings is 2. The molecule has 0 bridgehead atoms. The molecule has 4 nitrogen and oxygen atoms in total. The molecule has 4 heteroatoms. The van der Waals surface area contributed by atoms with Gasteiger partial charge in [0.25, 0.3) is 0 Å². The van der Waals surface area contributed by atoms with E-state index in [2.05, 4.69) is 4.57 Å². The van der Waals surface area contributed by atoms with Gasteiger partial charge in [0.2, 0.25) is 0 Å². The van der Waals surface area contributed by atoms with E-state index in [0.29, 0.717) is 23.2 Å². The first-order valence-electron chi connectivity index (χ1n) is 7.57. The van der Waals surface area contributed by atoms with Gasteiger partial charge in [-0.05, 0) is 31.0 Å². The summed E-state index contributed by atoms with van der Waals surface area (Å²) in [4.78, 5) is 11.6. The lowest BCUT2D eigenvalue weighted by molar-refractivity contribution is 0.112. The number of hydrogen-bond acceptors (Lipinski definition) is 3. The van der Waals surface area contributed by atoms with E-state index in [-0.39, 0.29) is 5.75 Å². The highest BCUT2D eigenvalue weighted by Crippen LogP contribution is 2.43. The normalized spacial score (nSPS) is 10.9. The van der Waals surface area contributed by atoms with Crippen LogP contribution in [0.2, 0.25) is 0 Å². The lowest BCUT2D eigenvalue weighted by Gasteiger charge is -2.11. The highest BCUT2D eigenvalue weighted by molar-refractivity contribution is 6.05. The molecule has 0 atom stereocenters. The van der Waals surface area contributed by atoms with Crippen LogP contribution in [-0.2, 0) is 6.54 Å².